The van der Waals surface area contributed by atoms with Gasteiger partial charge < -0.3 is 15.8 Å². The number of morpholine rings is 1. The number of ether oxygens (including phenoxy) is 1. The van der Waals surface area contributed by atoms with Crippen molar-refractivity contribution in [2.45, 2.75) is 51.8 Å². The smallest absolute Gasteiger partial charge is 0.234 e. The van der Waals surface area contributed by atoms with Crippen molar-refractivity contribution in [3.05, 3.63) is 0 Å². The van der Waals surface area contributed by atoms with E-state index in [1.165, 1.54) is 0 Å². The maximum Gasteiger partial charge on any atom is 0.234 e. The Morgan fingerprint density at radius 1 is 1.61 bits per heavy atom. The maximum absolute atomic E-state index is 11.9. The standard InChI is InChI=1S/C13H27N3O2/c1-4-5-10(2)15-13(17)8-16-7-12(6-14)18-9-11(16)3/h10-12H,4-9,14H2,1-3H3,(H,15,17). The van der Waals surface area contributed by atoms with Crippen LogP contribution in [0.25, 0.3) is 0 Å². The molecule has 106 valence electrons. The maximum atomic E-state index is 11.9. The summed E-state index contributed by atoms with van der Waals surface area (Å²) in [5.41, 5.74) is 5.61. The first-order chi connectivity index (χ1) is 8.56. The first kappa shape index (κ1) is 15.4. The van der Waals surface area contributed by atoms with Crippen LogP contribution in [0.1, 0.15) is 33.6 Å². The number of nitrogens with zero attached hydrogens (tertiary/aromatic N) is 1. The van der Waals surface area contributed by atoms with Crippen LogP contribution in [0.2, 0.25) is 0 Å². The van der Waals surface area contributed by atoms with Gasteiger partial charge in [0.1, 0.15) is 0 Å². The molecule has 0 radical (unpaired) electrons. The molecule has 1 aliphatic heterocycles. The van der Waals surface area contributed by atoms with E-state index < -0.39 is 0 Å². The minimum Gasteiger partial charge on any atom is -0.374 e. The van der Waals surface area contributed by atoms with E-state index in [0.29, 0.717) is 19.7 Å². The topological polar surface area (TPSA) is 67.6 Å². The summed E-state index contributed by atoms with van der Waals surface area (Å²) >= 11 is 0. The highest BCUT2D eigenvalue weighted by atomic mass is 16.5. The summed E-state index contributed by atoms with van der Waals surface area (Å²) in [6.45, 7) is 8.60. The zero-order chi connectivity index (χ0) is 13.5. The molecule has 1 aliphatic rings. The molecule has 1 amide bonds. The highest BCUT2D eigenvalue weighted by Crippen LogP contribution is 2.10. The lowest BCUT2D eigenvalue weighted by Gasteiger charge is -2.37. The Morgan fingerprint density at radius 2 is 2.33 bits per heavy atom. The predicted molar refractivity (Wildman–Crippen MR) is 72.3 cm³/mol. The molecule has 5 nitrogen and oxygen atoms in total. The van der Waals surface area contributed by atoms with E-state index in [4.69, 9.17) is 10.5 Å². The molecule has 1 fully saturated rings. The Hall–Kier alpha value is -0.650. The normalized spacial score (nSPS) is 26.9. The van der Waals surface area contributed by atoms with E-state index in [0.717, 1.165) is 19.4 Å². The van der Waals surface area contributed by atoms with Crippen LogP contribution >= 0.6 is 0 Å². The zero-order valence-corrected chi connectivity index (χ0v) is 11.8. The summed E-state index contributed by atoms with van der Waals surface area (Å²) in [5, 5.41) is 3.03. The number of nitrogens with one attached hydrogen (secondary N) is 1. The number of amides is 1. The van der Waals surface area contributed by atoms with Gasteiger partial charge in [0.2, 0.25) is 5.91 Å². The second-order valence-corrected chi connectivity index (χ2v) is 5.23. The van der Waals surface area contributed by atoms with Crippen molar-refractivity contribution in [3.63, 3.8) is 0 Å². The zero-order valence-electron chi connectivity index (χ0n) is 11.8. The molecular weight excluding hydrogens is 230 g/mol. The molecule has 1 rings (SSSR count). The lowest BCUT2D eigenvalue weighted by Crippen LogP contribution is -2.53. The van der Waals surface area contributed by atoms with Gasteiger partial charge in [-0.3, -0.25) is 9.69 Å². The van der Waals surface area contributed by atoms with E-state index >= 15 is 0 Å². The SMILES string of the molecule is CCCC(C)NC(=O)CN1CC(CN)OCC1C. The largest absolute Gasteiger partial charge is 0.374 e. The monoisotopic (exact) mass is 257 g/mol. The van der Waals surface area contributed by atoms with Crippen molar-refractivity contribution in [3.8, 4) is 0 Å². The van der Waals surface area contributed by atoms with Gasteiger partial charge in [0, 0.05) is 25.2 Å². The van der Waals surface area contributed by atoms with Crippen molar-refractivity contribution in [1.29, 1.82) is 0 Å². The molecule has 0 aromatic carbocycles. The number of hydrogen-bond donors (Lipinski definition) is 2. The third-order valence-electron chi connectivity index (χ3n) is 3.37. The van der Waals surface area contributed by atoms with Gasteiger partial charge in [-0.25, -0.2) is 0 Å². The van der Waals surface area contributed by atoms with Crippen molar-refractivity contribution >= 4 is 5.91 Å². The van der Waals surface area contributed by atoms with Gasteiger partial charge in [0.15, 0.2) is 0 Å². The molecule has 0 aliphatic carbocycles. The molecule has 3 N–H and O–H groups in total. The molecule has 1 saturated heterocycles. The minimum absolute atomic E-state index is 0.0575. The summed E-state index contributed by atoms with van der Waals surface area (Å²) in [7, 11) is 0. The minimum atomic E-state index is 0.0575. The second kappa shape index (κ2) is 7.71. The van der Waals surface area contributed by atoms with Gasteiger partial charge in [0.05, 0.1) is 19.3 Å². The summed E-state index contributed by atoms with van der Waals surface area (Å²) in [6.07, 6.45) is 2.17. The van der Waals surface area contributed by atoms with Crippen LogP contribution in [0.3, 0.4) is 0 Å². The van der Waals surface area contributed by atoms with Crippen LogP contribution in [-0.4, -0.2) is 55.2 Å². The van der Waals surface area contributed by atoms with E-state index in [9.17, 15) is 4.79 Å². The van der Waals surface area contributed by atoms with Gasteiger partial charge in [-0.2, -0.15) is 0 Å². The highest BCUT2D eigenvalue weighted by molar-refractivity contribution is 5.78. The summed E-state index contributed by atoms with van der Waals surface area (Å²) in [5.74, 6) is 0.0977. The van der Waals surface area contributed by atoms with Crippen molar-refractivity contribution in [2.75, 3.05) is 26.2 Å². The first-order valence-corrected chi connectivity index (χ1v) is 6.91. The van der Waals surface area contributed by atoms with E-state index in [2.05, 4.69) is 24.1 Å². The predicted octanol–water partition coefficient (Wildman–Crippen LogP) is 0.339. The average Bonchev–Trinajstić information content (AvgIpc) is 2.32. The number of carbonyl (C=O) groups excluding carboxylic acids is 1. The number of carbonyl (C=O) groups is 1. The van der Waals surface area contributed by atoms with Gasteiger partial charge in [-0.15, -0.1) is 0 Å². The van der Waals surface area contributed by atoms with Gasteiger partial charge in [-0.05, 0) is 20.3 Å². The molecule has 0 aromatic heterocycles. The van der Waals surface area contributed by atoms with Gasteiger partial charge >= 0.3 is 0 Å². The first-order valence-electron chi connectivity index (χ1n) is 6.91. The van der Waals surface area contributed by atoms with Gasteiger partial charge in [0.25, 0.3) is 0 Å². The van der Waals surface area contributed by atoms with E-state index in [1.807, 2.05) is 6.92 Å². The Morgan fingerprint density at radius 3 is 2.94 bits per heavy atom. The Labute approximate surface area is 110 Å². The third kappa shape index (κ3) is 4.92. The highest BCUT2D eigenvalue weighted by Gasteiger charge is 2.26. The summed E-state index contributed by atoms with van der Waals surface area (Å²) < 4.78 is 5.57. The van der Waals surface area contributed by atoms with Crippen LogP contribution in [-0.2, 0) is 9.53 Å². The van der Waals surface area contributed by atoms with Crippen LogP contribution in [0.15, 0.2) is 0 Å². The Kier molecular flexibility index (Phi) is 6.60. The quantitative estimate of drug-likeness (QED) is 0.720. The van der Waals surface area contributed by atoms with Crippen LogP contribution < -0.4 is 11.1 Å². The molecule has 0 aromatic rings. The van der Waals surface area contributed by atoms with Gasteiger partial charge in [-0.1, -0.05) is 13.3 Å². The van der Waals surface area contributed by atoms with E-state index in [1.54, 1.807) is 0 Å². The van der Waals surface area contributed by atoms with Crippen LogP contribution in [0, 0.1) is 0 Å². The Bertz CT molecular complexity index is 261. The van der Waals surface area contributed by atoms with Crippen molar-refractivity contribution in [1.82, 2.24) is 10.2 Å². The number of nitrogens with two attached hydrogens (primary N) is 1. The molecule has 3 unspecified atom stereocenters. The average molecular weight is 257 g/mol. The molecular formula is C13H27N3O2. The van der Waals surface area contributed by atoms with Crippen LogP contribution in [0.4, 0.5) is 0 Å². The van der Waals surface area contributed by atoms with Crippen LogP contribution in [0.5, 0.6) is 0 Å². The molecule has 0 spiro atoms. The lowest BCUT2D eigenvalue weighted by molar-refractivity contribution is -0.126. The summed E-state index contributed by atoms with van der Waals surface area (Å²) in [4.78, 5) is 14.1. The fourth-order valence-electron chi connectivity index (χ4n) is 2.25. The second-order valence-electron chi connectivity index (χ2n) is 5.23. The lowest BCUT2D eigenvalue weighted by atomic mass is 10.2. The third-order valence-corrected chi connectivity index (χ3v) is 3.37. The summed E-state index contributed by atoms with van der Waals surface area (Å²) in [6, 6.07) is 0.532. The fourth-order valence-corrected chi connectivity index (χ4v) is 2.25. The van der Waals surface area contributed by atoms with Crippen molar-refractivity contribution in [2.24, 2.45) is 5.73 Å². The molecule has 0 saturated carbocycles. The molecule has 0 bridgehead atoms. The fraction of sp³-hybridized carbons (Fsp3) is 0.923. The molecule has 1 heterocycles. The number of rotatable bonds is 6. The molecule has 3 atom stereocenters. The Balaban J connectivity index is 2.37. The molecule has 5 heteroatoms. The van der Waals surface area contributed by atoms with Crippen molar-refractivity contribution < 1.29 is 9.53 Å². The molecule has 18 heavy (non-hydrogen) atoms. The van der Waals surface area contributed by atoms with E-state index in [-0.39, 0.29) is 24.1 Å². The number of hydrogen-bond acceptors (Lipinski definition) is 4.